The van der Waals surface area contributed by atoms with Gasteiger partial charge in [0.25, 0.3) is 11.8 Å². The predicted molar refractivity (Wildman–Crippen MR) is 106 cm³/mol. The molecule has 0 aromatic carbocycles. The number of aldehydes is 1. The van der Waals surface area contributed by atoms with Gasteiger partial charge in [0.05, 0.1) is 19.8 Å². The highest BCUT2D eigenvalue weighted by Gasteiger charge is 2.23. The van der Waals surface area contributed by atoms with Gasteiger partial charge in [-0.15, -0.1) is 0 Å². The lowest BCUT2D eigenvalue weighted by Gasteiger charge is -2.13. The maximum atomic E-state index is 11.7. The lowest BCUT2D eigenvalue weighted by Crippen LogP contribution is -2.35. The SMILES string of the molecule is [NH-][C@H](C=O)CCCCNC(=O)COCCOCCNC(=O)CCN1C(=O)C=CC1=O. The summed E-state index contributed by atoms with van der Waals surface area (Å²) < 4.78 is 10.5. The third-order valence-corrected chi connectivity index (χ3v) is 4.07. The molecule has 1 aliphatic heterocycles. The fourth-order valence-corrected chi connectivity index (χ4v) is 2.44. The smallest absolute Gasteiger partial charge is 0.253 e. The molecule has 3 N–H and O–H groups in total. The van der Waals surface area contributed by atoms with Gasteiger partial charge in [0.1, 0.15) is 12.9 Å². The number of ether oxygens (including phenoxy) is 2. The number of rotatable bonds is 17. The first kappa shape index (κ1) is 25.4. The van der Waals surface area contributed by atoms with Crippen molar-refractivity contribution in [3.8, 4) is 0 Å². The van der Waals surface area contributed by atoms with Crippen molar-refractivity contribution in [1.29, 1.82) is 0 Å². The van der Waals surface area contributed by atoms with Crippen molar-refractivity contribution in [3.63, 3.8) is 0 Å². The molecular weight excluding hydrogens is 396 g/mol. The number of carbonyl (C=O) groups is 5. The van der Waals surface area contributed by atoms with E-state index in [1.165, 1.54) is 12.2 Å². The summed E-state index contributed by atoms with van der Waals surface area (Å²) in [5.74, 6) is -1.36. The van der Waals surface area contributed by atoms with Crippen molar-refractivity contribution < 1.29 is 33.4 Å². The van der Waals surface area contributed by atoms with Crippen LogP contribution in [-0.2, 0) is 33.4 Å². The van der Waals surface area contributed by atoms with Crippen LogP contribution < -0.4 is 10.6 Å². The van der Waals surface area contributed by atoms with E-state index in [1.807, 2.05) is 0 Å². The van der Waals surface area contributed by atoms with E-state index in [9.17, 15) is 24.0 Å². The Balaban J connectivity index is 1.88. The Hall–Kier alpha value is -2.63. The topological polar surface area (TPSA) is 155 Å². The van der Waals surface area contributed by atoms with Crippen LogP contribution in [-0.4, -0.2) is 86.9 Å². The summed E-state index contributed by atoms with van der Waals surface area (Å²) in [4.78, 5) is 57.2. The molecule has 1 aliphatic rings. The summed E-state index contributed by atoms with van der Waals surface area (Å²) in [6, 6.07) is -0.693. The van der Waals surface area contributed by atoms with Gasteiger partial charge >= 0.3 is 0 Å². The normalized spacial score (nSPS) is 14.1. The second-order valence-corrected chi connectivity index (χ2v) is 6.51. The molecule has 1 heterocycles. The Morgan fingerprint density at radius 3 is 2.37 bits per heavy atom. The van der Waals surface area contributed by atoms with Crippen LogP contribution in [0.1, 0.15) is 25.7 Å². The minimum absolute atomic E-state index is 0.0260. The van der Waals surface area contributed by atoms with Crippen LogP contribution in [0, 0.1) is 0 Å². The van der Waals surface area contributed by atoms with Crippen molar-refractivity contribution in [3.05, 3.63) is 17.9 Å². The Morgan fingerprint density at radius 2 is 1.67 bits per heavy atom. The van der Waals surface area contributed by atoms with E-state index in [-0.39, 0.29) is 57.8 Å². The third kappa shape index (κ3) is 11.4. The fraction of sp³-hybridized carbons (Fsp3) is 0.632. The zero-order valence-electron chi connectivity index (χ0n) is 16.9. The monoisotopic (exact) mass is 425 g/mol. The summed E-state index contributed by atoms with van der Waals surface area (Å²) in [5, 5.41) is 5.30. The molecule has 11 heteroatoms. The molecule has 4 amide bonds. The van der Waals surface area contributed by atoms with Gasteiger partial charge < -0.3 is 30.6 Å². The Labute approximate surface area is 175 Å². The number of nitrogens with one attached hydrogen (secondary N) is 3. The lowest BCUT2D eigenvalue weighted by atomic mass is 10.1. The molecule has 1 atom stereocenters. The van der Waals surface area contributed by atoms with E-state index in [2.05, 4.69) is 10.6 Å². The Kier molecular flexibility index (Phi) is 12.9. The van der Waals surface area contributed by atoms with Gasteiger partial charge in [0.15, 0.2) is 0 Å². The number of hydrogen-bond acceptors (Lipinski definition) is 7. The van der Waals surface area contributed by atoms with Crippen LogP contribution in [0.3, 0.4) is 0 Å². The largest absolute Gasteiger partial charge is 0.669 e. The summed E-state index contributed by atoms with van der Waals surface area (Å²) in [6.45, 7) is 1.47. The van der Waals surface area contributed by atoms with E-state index in [0.29, 0.717) is 32.1 Å². The summed E-state index contributed by atoms with van der Waals surface area (Å²) >= 11 is 0. The van der Waals surface area contributed by atoms with Crippen LogP contribution in [0.25, 0.3) is 5.73 Å². The maximum Gasteiger partial charge on any atom is 0.253 e. The number of carbonyl (C=O) groups excluding carboxylic acids is 5. The van der Waals surface area contributed by atoms with Crippen LogP contribution >= 0.6 is 0 Å². The minimum atomic E-state index is -0.693. The minimum Gasteiger partial charge on any atom is -0.669 e. The number of nitrogens with zero attached hydrogens (tertiary/aromatic N) is 1. The van der Waals surface area contributed by atoms with Gasteiger partial charge in [-0.05, 0) is 6.42 Å². The van der Waals surface area contributed by atoms with Gasteiger partial charge in [-0.1, -0.05) is 18.9 Å². The second kappa shape index (κ2) is 15.2. The molecule has 168 valence electrons. The first-order valence-corrected chi connectivity index (χ1v) is 9.83. The molecule has 0 aromatic heterocycles. The highest BCUT2D eigenvalue weighted by Crippen LogP contribution is 2.04. The van der Waals surface area contributed by atoms with Gasteiger partial charge in [-0.2, -0.15) is 0 Å². The zero-order valence-corrected chi connectivity index (χ0v) is 16.9. The average Bonchev–Trinajstić information content (AvgIpc) is 3.05. The Bertz CT molecular complexity index is 606. The number of amides is 4. The average molecular weight is 425 g/mol. The number of unbranched alkanes of at least 4 members (excludes halogenated alkanes) is 1. The second-order valence-electron chi connectivity index (χ2n) is 6.51. The molecule has 0 aliphatic carbocycles. The molecule has 0 saturated heterocycles. The summed E-state index contributed by atoms with van der Waals surface area (Å²) in [6.07, 6.45) is 4.86. The molecule has 0 saturated carbocycles. The zero-order chi connectivity index (χ0) is 22.2. The molecule has 0 aromatic rings. The summed E-state index contributed by atoms with van der Waals surface area (Å²) in [5.41, 5.74) is 7.26. The van der Waals surface area contributed by atoms with Gasteiger partial charge in [-0.25, -0.2) is 0 Å². The van der Waals surface area contributed by atoms with Gasteiger partial charge in [0, 0.05) is 38.2 Å². The van der Waals surface area contributed by atoms with Crippen molar-refractivity contribution >= 4 is 29.9 Å². The van der Waals surface area contributed by atoms with Crippen molar-refractivity contribution in [2.45, 2.75) is 31.7 Å². The predicted octanol–water partition coefficient (Wildman–Crippen LogP) is -0.643. The third-order valence-electron chi connectivity index (χ3n) is 4.07. The molecule has 0 bridgehead atoms. The van der Waals surface area contributed by atoms with E-state index in [0.717, 1.165) is 4.90 Å². The lowest BCUT2D eigenvalue weighted by molar-refractivity contribution is -0.137. The van der Waals surface area contributed by atoms with Crippen LogP contribution in [0.5, 0.6) is 0 Å². The van der Waals surface area contributed by atoms with E-state index >= 15 is 0 Å². The highest BCUT2D eigenvalue weighted by atomic mass is 16.5. The quantitative estimate of drug-likeness (QED) is 0.178. The standard InChI is InChI=1S/C19H29N4O7/c20-15(13-24)3-1-2-7-21-17(26)14-30-12-11-29-10-8-22-16(25)6-9-23-18(27)4-5-19(23)28/h4-5,13,15,20H,1-3,6-12,14H2,(H,21,26)(H,22,25)/q-1/t15-/m0/s1. The van der Waals surface area contributed by atoms with E-state index in [1.54, 1.807) is 0 Å². The molecule has 0 radical (unpaired) electrons. The molecule has 1 rings (SSSR count). The van der Waals surface area contributed by atoms with Crippen molar-refractivity contribution in [2.24, 2.45) is 0 Å². The first-order chi connectivity index (χ1) is 14.4. The van der Waals surface area contributed by atoms with Crippen molar-refractivity contribution in [1.82, 2.24) is 15.5 Å². The van der Waals surface area contributed by atoms with E-state index < -0.39 is 17.9 Å². The molecule has 11 nitrogen and oxygen atoms in total. The van der Waals surface area contributed by atoms with Gasteiger partial charge in [0.2, 0.25) is 11.8 Å². The fourth-order valence-electron chi connectivity index (χ4n) is 2.44. The molecule has 0 spiro atoms. The molecule has 30 heavy (non-hydrogen) atoms. The van der Waals surface area contributed by atoms with Crippen molar-refractivity contribution in [2.75, 3.05) is 46.1 Å². The highest BCUT2D eigenvalue weighted by molar-refractivity contribution is 6.13. The van der Waals surface area contributed by atoms with E-state index in [4.69, 9.17) is 15.2 Å². The Morgan fingerprint density at radius 1 is 1.00 bits per heavy atom. The summed E-state index contributed by atoms with van der Waals surface area (Å²) in [7, 11) is 0. The first-order valence-electron chi connectivity index (χ1n) is 9.83. The molecular formula is C19H29N4O7-. The van der Waals surface area contributed by atoms with Crippen LogP contribution in [0.4, 0.5) is 0 Å². The van der Waals surface area contributed by atoms with Crippen LogP contribution in [0.2, 0.25) is 0 Å². The number of imide groups is 1. The molecule has 0 fully saturated rings. The van der Waals surface area contributed by atoms with Gasteiger partial charge in [-0.3, -0.25) is 24.1 Å². The van der Waals surface area contributed by atoms with Crippen LogP contribution in [0.15, 0.2) is 12.2 Å². The molecule has 0 unspecified atom stereocenters. The number of hydrogen-bond donors (Lipinski definition) is 2. The maximum absolute atomic E-state index is 11.7.